The molecule has 5 nitrogen and oxygen atoms in total. The summed E-state index contributed by atoms with van der Waals surface area (Å²) >= 11 is 12.1. The molecule has 0 fully saturated rings. The van der Waals surface area contributed by atoms with Crippen LogP contribution in [0.3, 0.4) is 0 Å². The zero-order valence-electron chi connectivity index (χ0n) is 17.4. The van der Waals surface area contributed by atoms with Gasteiger partial charge < -0.3 is 14.6 Å². The predicted molar refractivity (Wildman–Crippen MR) is 129 cm³/mol. The minimum Gasteiger partial charge on any atom is -0.490 e. The van der Waals surface area contributed by atoms with Gasteiger partial charge in [0.1, 0.15) is 18.2 Å². The van der Waals surface area contributed by atoms with Crippen LogP contribution in [0.25, 0.3) is 11.0 Å². The largest absolute Gasteiger partial charge is 0.490 e. The van der Waals surface area contributed by atoms with Crippen LogP contribution in [0.5, 0.6) is 5.75 Å². The first kappa shape index (κ1) is 22.2. The van der Waals surface area contributed by atoms with Crippen molar-refractivity contribution in [1.82, 2.24) is 14.9 Å². The van der Waals surface area contributed by atoms with E-state index < -0.39 is 0 Å². The third kappa shape index (κ3) is 5.61. The van der Waals surface area contributed by atoms with Gasteiger partial charge in [-0.25, -0.2) is 4.98 Å². The molecule has 32 heavy (non-hydrogen) atoms. The predicted octanol–water partition coefficient (Wildman–Crippen LogP) is 5.32. The van der Waals surface area contributed by atoms with Crippen LogP contribution < -0.4 is 10.1 Å². The molecule has 4 rings (SSSR count). The summed E-state index contributed by atoms with van der Waals surface area (Å²) in [5.41, 5.74) is 2.89. The summed E-state index contributed by atoms with van der Waals surface area (Å²) in [6, 6.07) is 22.7. The molecule has 0 unspecified atom stereocenters. The number of ether oxygens (including phenoxy) is 1. The minimum absolute atomic E-state index is 0.0305. The molecule has 1 amide bonds. The summed E-state index contributed by atoms with van der Waals surface area (Å²) in [4.78, 5) is 17.1. The van der Waals surface area contributed by atoms with Crippen molar-refractivity contribution in [2.24, 2.45) is 0 Å². The lowest BCUT2D eigenvalue weighted by atomic mass is 10.1. The maximum atomic E-state index is 12.3. The molecule has 0 atom stereocenters. The number of imidazole rings is 1. The Labute approximate surface area is 196 Å². The Morgan fingerprint density at radius 2 is 1.72 bits per heavy atom. The van der Waals surface area contributed by atoms with Crippen molar-refractivity contribution in [2.45, 2.75) is 19.4 Å². The monoisotopic (exact) mass is 467 g/mol. The fourth-order valence-corrected chi connectivity index (χ4v) is 3.85. The van der Waals surface area contributed by atoms with Gasteiger partial charge in [0, 0.05) is 18.0 Å². The second kappa shape index (κ2) is 10.5. The van der Waals surface area contributed by atoms with E-state index in [1.807, 2.05) is 60.7 Å². The third-order valence-electron chi connectivity index (χ3n) is 5.09. The Hall–Kier alpha value is -3.02. The van der Waals surface area contributed by atoms with Crippen LogP contribution in [0.15, 0.2) is 72.8 Å². The maximum absolute atomic E-state index is 12.3. The summed E-state index contributed by atoms with van der Waals surface area (Å²) < 4.78 is 8.01. The fourth-order valence-electron chi connectivity index (χ4n) is 3.54. The molecular formula is C25H23Cl2N3O2. The number of nitrogens with one attached hydrogen (secondary N) is 1. The highest BCUT2D eigenvalue weighted by molar-refractivity contribution is 6.32. The number of nitrogens with zero attached hydrogens (tertiary/aromatic N) is 2. The number of halogens is 2. The second-order valence-electron chi connectivity index (χ2n) is 7.35. The van der Waals surface area contributed by atoms with E-state index in [1.165, 1.54) is 0 Å². The summed E-state index contributed by atoms with van der Waals surface area (Å²) in [6.07, 6.45) is 0.937. The number of hydrogen-bond donors (Lipinski definition) is 1. The van der Waals surface area contributed by atoms with E-state index in [0.717, 1.165) is 22.4 Å². The quantitative estimate of drug-likeness (QED) is 0.362. The van der Waals surface area contributed by atoms with Crippen LogP contribution in [-0.4, -0.2) is 28.6 Å². The molecule has 0 aliphatic carbocycles. The molecule has 1 heterocycles. The number of carbonyl (C=O) groups excluding carboxylic acids is 1. The number of para-hydroxylation sites is 3. The maximum Gasteiger partial charge on any atom is 0.224 e. The summed E-state index contributed by atoms with van der Waals surface area (Å²) in [7, 11) is 0. The van der Waals surface area contributed by atoms with E-state index in [2.05, 4.69) is 9.88 Å². The molecule has 1 N–H and O–H groups in total. The smallest absolute Gasteiger partial charge is 0.224 e. The first-order valence-electron chi connectivity index (χ1n) is 10.4. The SMILES string of the molecule is O=C(Cc1ccc(Cl)cc1)NCCc1nc2ccccc2n1CCOc1ccccc1Cl. The van der Waals surface area contributed by atoms with Crippen molar-refractivity contribution in [1.29, 1.82) is 0 Å². The van der Waals surface area contributed by atoms with E-state index >= 15 is 0 Å². The van der Waals surface area contributed by atoms with Crippen LogP contribution in [-0.2, 0) is 24.2 Å². The molecule has 0 aliphatic heterocycles. The highest BCUT2D eigenvalue weighted by atomic mass is 35.5. The number of carbonyl (C=O) groups is 1. The van der Waals surface area contributed by atoms with Gasteiger partial charge in [-0.05, 0) is 42.0 Å². The van der Waals surface area contributed by atoms with Gasteiger partial charge in [0.15, 0.2) is 0 Å². The van der Waals surface area contributed by atoms with Crippen LogP contribution >= 0.6 is 23.2 Å². The van der Waals surface area contributed by atoms with Gasteiger partial charge in [-0.3, -0.25) is 4.79 Å². The lowest BCUT2D eigenvalue weighted by Gasteiger charge is -2.12. The number of amides is 1. The molecule has 0 radical (unpaired) electrons. The first-order valence-corrected chi connectivity index (χ1v) is 11.2. The molecular weight excluding hydrogens is 445 g/mol. The second-order valence-corrected chi connectivity index (χ2v) is 8.19. The highest BCUT2D eigenvalue weighted by Crippen LogP contribution is 2.23. The molecule has 3 aromatic carbocycles. The van der Waals surface area contributed by atoms with Crippen molar-refractivity contribution in [3.8, 4) is 5.75 Å². The third-order valence-corrected chi connectivity index (χ3v) is 5.66. The topological polar surface area (TPSA) is 56.2 Å². The lowest BCUT2D eigenvalue weighted by Crippen LogP contribution is -2.28. The average molecular weight is 468 g/mol. The van der Waals surface area contributed by atoms with Crippen molar-refractivity contribution in [3.63, 3.8) is 0 Å². The van der Waals surface area contributed by atoms with E-state index in [0.29, 0.717) is 48.3 Å². The van der Waals surface area contributed by atoms with E-state index in [9.17, 15) is 4.79 Å². The van der Waals surface area contributed by atoms with Gasteiger partial charge in [0.05, 0.1) is 29.0 Å². The Morgan fingerprint density at radius 3 is 2.53 bits per heavy atom. The minimum atomic E-state index is -0.0305. The molecule has 0 spiro atoms. The van der Waals surface area contributed by atoms with Gasteiger partial charge >= 0.3 is 0 Å². The molecule has 0 saturated heterocycles. The lowest BCUT2D eigenvalue weighted by molar-refractivity contribution is -0.120. The molecule has 0 saturated carbocycles. The van der Waals surface area contributed by atoms with Crippen molar-refractivity contribution in [3.05, 3.63) is 94.2 Å². The van der Waals surface area contributed by atoms with Crippen LogP contribution in [0.4, 0.5) is 0 Å². The standard InChI is InChI=1S/C25H23Cl2N3O2/c26-19-11-9-18(10-12-19)17-25(31)28-14-13-24-29-21-6-2-3-7-22(21)30(24)15-16-32-23-8-4-1-5-20(23)27/h1-12H,13-17H2,(H,28,31). The van der Waals surface area contributed by atoms with E-state index in [1.54, 1.807) is 12.1 Å². The summed E-state index contributed by atoms with van der Waals surface area (Å²) in [5.74, 6) is 1.53. The number of rotatable bonds is 9. The van der Waals surface area contributed by atoms with Gasteiger partial charge in [-0.2, -0.15) is 0 Å². The zero-order valence-corrected chi connectivity index (χ0v) is 18.9. The van der Waals surface area contributed by atoms with Crippen LogP contribution in [0, 0.1) is 0 Å². The molecule has 7 heteroatoms. The van der Waals surface area contributed by atoms with Gasteiger partial charge in [0.25, 0.3) is 0 Å². The Morgan fingerprint density at radius 1 is 0.969 bits per heavy atom. The van der Waals surface area contributed by atoms with Crippen LogP contribution in [0.2, 0.25) is 10.0 Å². The Kier molecular flexibility index (Phi) is 7.30. The zero-order chi connectivity index (χ0) is 22.3. The Bertz CT molecular complexity index is 1210. The highest BCUT2D eigenvalue weighted by Gasteiger charge is 2.12. The van der Waals surface area contributed by atoms with Gasteiger partial charge in [-0.1, -0.05) is 59.6 Å². The molecule has 4 aromatic rings. The molecule has 1 aromatic heterocycles. The van der Waals surface area contributed by atoms with Gasteiger partial charge in [0.2, 0.25) is 5.91 Å². The van der Waals surface area contributed by atoms with Crippen molar-refractivity contribution in [2.75, 3.05) is 13.2 Å². The number of aromatic nitrogens is 2. The molecule has 164 valence electrons. The first-order chi connectivity index (χ1) is 15.6. The fraction of sp³-hybridized carbons (Fsp3) is 0.200. The Balaban J connectivity index is 1.38. The summed E-state index contributed by atoms with van der Waals surface area (Å²) in [5, 5.41) is 4.23. The summed E-state index contributed by atoms with van der Waals surface area (Å²) in [6.45, 7) is 1.58. The van der Waals surface area contributed by atoms with Crippen molar-refractivity contribution < 1.29 is 9.53 Å². The normalized spacial score (nSPS) is 10.9. The van der Waals surface area contributed by atoms with Gasteiger partial charge in [-0.15, -0.1) is 0 Å². The van der Waals surface area contributed by atoms with Crippen molar-refractivity contribution >= 4 is 40.1 Å². The molecule has 0 aliphatic rings. The van der Waals surface area contributed by atoms with E-state index in [4.69, 9.17) is 32.9 Å². The van der Waals surface area contributed by atoms with Crippen LogP contribution in [0.1, 0.15) is 11.4 Å². The average Bonchev–Trinajstić information content (AvgIpc) is 3.14. The number of benzene rings is 3. The molecule has 0 bridgehead atoms. The number of hydrogen-bond acceptors (Lipinski definition) is 3. The number of fused-ring (bicyclic) bond motifs is 1. The van der Waals surface area contributed by atoms with E-state index in [-0.39, 0.29) is 5.91 Å².